The van der Waals surface area contributed by atoms with Crippen LogP contribution in [0, 0.1) is 0 Å². The Labute approximate surface area is 95.2 Å². The van der Waals surface area contributed by atoms with Crippen LogP contribution < -0.4 is 0 Å². The van der Waals surface area contributed by atoms with E-state index in [9.17, 15) is 4.79 Å². The van der Waals surface area contributed by atoms with Gasteiger partial charge in [-0.05, 0) is 12.0 Å². The van der Waals surface area contributed by atoms with Gasteiger partial charge in [-0.1, -0.05) is 30.3 Å². The van der Waals surface area contributed by atoms with Crippen molar-refractivity contribution in [1.29, 1.82) is 0 Å². The Morgan fingerprint density at radius 2 is 2.00 bits per heavy atom. The normalized spacial score (nSPS) is 10.2. The van der Waals surface area contributed by atoms with E-state index < -0.39 is 0 Å². The molecule has 0 saturated heterocycles. The van der Waals surface area contributed by atoms with Crippen molar-refractivity contribution in [2.24, 2.45) is 0 Å². The minimum absolute atomic E-state index is 0.0833. The zero-order valence-electron chi connectivity index (χ0n) is 8.62. The van der Waals surface area contributed by atoms with E-state index in [2.05, 4.69) is 0 Å². The van der Waals surface area contributed by atoms with Gasteiger partial charge in [0.1, 0.15) is 5.78 Å². The summed E-state index contributed by atoms with van der Waals surface area (Å²) in [6.07, 6.45) is 1.26. The van der Waals surface area contributed by atoms with Gasteiger partial charge in [0.25, 0.3) is 0 Å². The Balaban J connectivity index is 2.05. The van der Waals surface area contributed by atoms with Gasteiger partial charge in [-0.3, -0.25) is 4.79 Å². The van der Waals surface area contributed by atoms with E-state index in [1.165, 1.54) is 0 Å². The van der Waals surface area contributed by atoms with Crippen molar-refractivity contribution in [2.45, 2.75) is 19.4 Å². The number of carbonyl (C=O) groups is 1. The molecular weight excluding hydrogens is 212 g/mol. The Kier molecular flexibility index (Phi) is 6.05. The van der Waals surface area contributed by atoms with Crippen LogP contribution in [-0.2, 0) is 16.1 Å². The van der Waals surface area contributed by atoms with Gasteiger partial charge in [0, 0.05) is 13.0 Å². The second kappa shape index (κ2) is 7.43. The van der Waals surface area contributed by atoms with Crippen molar-refractivity contribution in [3.63, 3.8) is 0 Å². The van der Waals surface area contributed by atoms with Crippen molar-refractivity contribution >= 4 is 17.4 Å². The maximum atomic E-state index is 10.9. The maximum absolute atomic E-state index is 10.9. The van der Waals surface area contributed by atoms with Crippen molar-refractivity contribution in [1.82, 2.24) is 0 Å². The van der Waals surface area contributed by atoms with E-state index in [1.54, 1.807) is 0 Å². The third kappa shape index (κ3) is 5.55. The van der Waals surface area contributed by atoms with Gasteiger partial charge in [-0.25, -0.2) is 0 Å². The molecule has 2 nitrogen and oxygen atoms in total. The van der Waals surface area contributed by atoms with Gasteiger partial charge >= 0.3 is 0 Å². The van der Waals surface area contributed by atoms with Gasteiger partial charge in [0.05, 0.1) is 12.5 Å². The van der Waals surface area contributed by atoms with Crippen molar-refractivity contribution in [3.8, 4) is 0 Å². The lowest BCUT2D eigenvalue weighted by atomic mass is 10.2. The highest BCUT2D eigenvalue weighted by atomic mass is 35.5. The molecule has 0 aliphatic heterocycles. The number of alkyl halides is 1. The SMILES string of the molecule is O=C(CCl)CCCOCc1ccccc1. The predicted octanol–water partition coefficient (Wildman–Crippen LogP) is 2.79. The summed E-state index contributed by atoms with van der Waals surface area (Å²) in [7, 11) is 0. The second-order valence-corrected chi connectivity index (χ2v) is 3.58. The summed E-state index contributed by atoms with van der Waals surface area (Å²) in [6.45, 7) is 1.22. The van der Waals surface area contributed by atoms with Crippen LogP contribution in [-0.4, -0.2) is 18.3 Å². The summed E-state index contributed by atoms with van der Waals surface area (Å²) >= 11 is 5.37. The number of rotatable bonds is 7. The number of ether oxygens (including phenoxy) is 1. The van der Waals surface area contributed by atoms with Crippen molar-refractivity contribution in [2.75, 3.05) is 12.5 Å². The topological polar surface area (TPSA) is 26.3 Å². The number of Topliss-reactive ketones (excluding diaryl/α,β-unsaturated/α-hetero) is 1. The van der Waals surface area contributed by atoms with Crippen LogP contribution in [0.1, 0.15) is 18.4 Å². The van der Waals surface area contributed by atoms with Gasteiger partial charge in [0.15, 0.2) is 0 Å². The predicted molar refractivity (Wildman–Crippen MR) is 61.1 cm³/mol. The molecular formula is C12H15ClO2. The van der Waals surface area contributed by atoms with Gasteiger partial charge in [-0.15, -0.1) is 11.6 Å². The van der Waals surface area contributed by atoms with E-state index in [0.29, 0.717) is 19.6 Å². The standard InChI is InChI=1S/C12H15ClO2/c13-9-12(14)7-4-8-15-10-11-5-2-1-3-6-11/h1-3,5-6H,4,7-10H2. The first-order valence-corrected chi connectivity index (χ1v) is 5.55. The highest BCUT2D eigenvalue weighted by Crippen LogP contribution is 2.01. The number of ketones is 1. The van der Waals surface area contributed by atoms with Crippen molar-refractivity contribution in [3.05, 3.63) is 35.9 Å². The first-order chi connectivity index (χ1) is 7.33. The summed E-state index contributed by atoms with van der Waals surface area (Å²) in [5.41, 5.74) is 1.15. The summed E-state index contributed by atoms with van der Waals surface area (Å²) in [5.74, 6) is 0.193. The number of benzene rings is 1. The van der Waals surface area contributed by atoms with Crippen LogP contribution in [0.3, 0.4) is 0 Å². The summed E-state index contributed by atoms with van der Waals surface area (Å²) < 4.78 is 5.42. The lowest BCUT2D eigenvalue weighted by Gasteiger charge is -2.03. The molecule has 0 radical (unpaired) electrons. The minimum atomic E-state index is 0.0833. The summed E-state index contributed by atoms with van der Waals surface area (Å²) in [5, 5.41) is 0. The lowest BCUT2D eigenvalue weighted by molar-refractivity contribution is -0.117. The quantitative estimate of drug-likeness (QED) is 0.528. The molecule has 82 valence electrons. The third-order valence-electron chi connectivity index (χ3n) is 2.00. The molecule has 1 rings (SSSR count). The second-order valence-electron chi connectivity index (χ2n) is 3.31. The fourth-order valence-electron chi connectivity index (χ4n) is 1.20. The van der Waals surface area contributed by atoms with Crippen LogP contribution in [0.25, 0.3) is 0 Å². The first kappa shape index (κ1) is 12.2. The molecule has 0 aliphatic rings. The Morgan fingerprint density at radius 3 is 2.67 bits per heavy atom. The Morgan fingerprint density at radius 1 is 1.27 bits per heavy atom. The number of hydrogen-bond acceptors (Lipinski definition) is 2. The summed E-state index contributed by atoms with van der Waals surface area (Å²) in [4.78, 5) is 10.9. The Hall–Kier alpha value is -0.860. The molecule has 0 atom stereocenters. The van der Waals surface area contributed by atoms with Crippen LogP contribution in [0.5, 0.6) is 0 Å². The van der Waals surface area contributed by atoms with Gasteiger partial charge < -0.3 is 4.74 Å². The molecule has 0 heterocycles. The minimum Gasteiger partial charge on any atom is -0.377 e. The molecule has 0 fully saturated rings. The van der Waals surface area contributed by atoms with E-state index in [0.717, 1.165) is 12.0 Å². The van der Waals surface area contributed by atoms with E-state index >= 15 is 0 Å². The fraction of sp³-hybridized carbons (Fsp3) is 0.417. The number of carbonyl (C=O) groups excluding carboxylic acids is 1. The average Bonchev–Trinajstić information content (AvgIpc) is 2.29. The average molecular weight is 227 g/mol. The molecule has 0 amide bonds. The molecule has 1 aromatic rings. The molecule has 1 aromatic carbocycles. The van der Waals surface area contributed by atoms with Crippen LogP contribution >= 0.6 is 11.6 Å². The summed E-state index contributed by atoms with van der Waals surface area (Å²) in [6, 6.07) is 9.97. The third-order valence-corrected chi connectivity index (χ3v) is 2.30. The number of halogens is 1. The molecule has 0 unspecified atom stereocenters. The van der Waals surface area contributed by atoms with Gasteiger partial charge in [-0.2, -0.15) is 0 Å². The van der Waals surface area contributed by atoms with E-state index in [4.69, 9.17) is 16.3 Å². The molecule has 0 bridgehead atoms. The van der Waals surface area contributed by atoms with Crippen LogP contribution in [0.15, 0.2) is 30.3 Å². The molecule has 0 spiro atoms. The van der Waals surface area contributed by atoms with Crippen molar-refractivity contribution < 1.29 is 9.53 Å². The molecule has 3 heteroatoms. The highest BCUT2D eigenvalue weighted by molar-refractivity contribution is 6.27. The largest absolute Gasteiger partial charge is 0.377 e. The molecule has 0 aliphatic carbocycles. The van der Waals surface area contributed by atoms with E-state index in [1.807, 2.05) is 30.3 Å². The maximum Gasteiger partial charge on any atom is 0.147 e. The highest BCUT2D eigenvalue weighted by Gasteiger charge is 1.98. The van der Waals surface area contributed by atoms with Crippen LogP contribution in [0.4, 0.5) is 0 Å². The zero-order valence-corrected chi connectivity index (χ0v) is 9.37. The molecule has 0 N–H and O–H groups in total. The fourth-order valence-corrected chi connectivity index (χ4v) is 1.34. The smallest absolute Gasteiger partial charge is 0.147 e. The molecule has 0 saturated carbocycles. The molecule has 0 aromatic heterocycles. The van der Waals surface area contributed by atoms with Crippen LogP contribution in [0.2, 0.25) is 0 Å². The lowest BCUT2D eigenvalue weighted by Crippen LogP contribution is -2.02. The van der Waals surface area contributed by atoms with E-state index in [-0.39, 0.29) is 11.7 Å². The van der Waals surface area contributed by atoms with Gasteiger partial charge in [0.2, 0.25) is 0 Å². The monoisotopic (exact) mass is 226 g/mol. The zero-order chi connectivity index (χ0) is 10.9. The molecule has 15 heavy (non-hydrogen) atoms. The first-order valence-electron chi connectivity index (χ1n) is 5.02. The Bertz CT molecular complexity index is 285. The number of hydrogen-bond donors (Lipinski definition) is 0.